The fraction of sp³-hybridized carbons (Fsp3) is 0.267. The van der Waals surface area contributed by atoms with Gasteiger partial charge >= 0.3 is 0 Å². The van der Waals surface area contributed by atoms with E-state index in [1.54, 1.807) is 0 Å². The molecule has 94 valence electrons. The summed E-state index contributed by atoms with van der Waals surface area (Å²) < 4.78 is 5.19. The molecule has 2 aromatic rings. The second-order valence-electron chi connectivity index (χ2n) is 4.08. The van der Waals surface area contributed by atoms with Crippen LogP contribution in [0.4, 0.5) is 0 Å². The smallest absolute Gasteiger partial charge is 0.162 e. The van der Waals surface area contributed by atoms with E-state index < -0.39 is 0 Å². The molecule has 0 aliphatic rings. The number of rotatable bonds is 5. The van der Waals surface area contributed by atoms with Gasteiger partial charge in [-0.2, -0.15) is 0 Å². The number of aromatic nitrogens is 1. The lowest BCUT2D eigenvalue weighted by molar-refractivity contribution is 0.388. The van der Waals surface area contributed by atoms with Crippen molar-refractivity contribution in [2.75, 3.05) is 6.07 Å². The highest BCUT2D eigenvalue weighted by Crippen LogP contribution is 2.21. The Hall–Kier alpha value is -1.54. The number of benzene rings is 1. The molecular weight excluding hydrogens is 246 g/mol. The van der Waals surface area contributed by atoms with Gasteiger partial charge in [0.2, 0.25) is 0 Å². The third-order valence-electron chi connectivity index (χ3n) is 2.73. The van der Waals surface area contributed by atoms with Crippen LogP contribution in [0, 0.1) is 0 Å². The van der Waals surface area contributed by atoms with Gasteiger partial charge in [-0.15, -0.1) is 0 Å². The van der Waals surface area contributed by atoms with Crippen molar-refractivity contribution >= 4 is 11.6 Å². The normalized spacial score (nSPS) is 10.3. The van der Waals surface area contributed by atoms with Crippen LogP contribution in [0.1, 0.15) is 18.9 Å². The molecule has 2 nitrogen and oxygen atoms in total. The molecule has 0 aliphatic heterocycles. The molecule has 0 aliphatic carbocycles. The summed E-state index contributed by atoms with van der Waals surface area (Å²) in [6, 6.07) is 12.1. The molecule has 0 amide bonds. The summed E-state index contributed by atoms with van der Waals surface area (Å²) in [5.41, 5.74) is 3.34. The fourth-order valence-electron chi connectivity index (χ4n) is 1.82. The second-order valence-corrected chi connectivity index (χ2v) is 4.30. The van der Waals surface area contributed by atoms with E-state index in [-0.39, 0.29) is 6.07 Å². The third-order valence-corrected chi connectivity index (χ3v) is 2.84. The quantitative estimate of drug-likeness (QED) is 0.750. The molecule has 0 spiro atoms. The Balaban J connectivity index is 2.15. The maximum absolute atomic E-state index is 5.51. The van der Waals surface area contributed by atoms with Crippen LogP contribution in [-0.2, 0) is 6.42 Å². The number of ether oxygens (including phenoxy) is 1. The standard InChI is InChI=1S/C15H16ClNO/c1-2-3-12-4-9-15(17-10-12)13-5-7-14(8-6-13)18-11-16/h4-10H,2-3,11H2,1H3. The van der Waals surface area contributed by atoms with Crippen LogP contribution in [0.2, 0.25) is 0 Å². The van der Waals surface area contributed by atoms with Crippen molar-refractivity contribution < 1.29 is 4.74 Å². The van der Waals surface area contributed by atoms with E-state index in [9.17, 15) is 0 Å². The third kappa shape index (κ3) is 3.23. The molecule has 3 heteroatoms. The SMILES string of the molecule is CCCc1ccc(-c2ccc(OCCl)cc2)nc1. The topological polar surface area (TPSA) is 22.1 Å². The number of nitrogens with zero attached hydrogens (tertiary/aromatic N) is 1. The van der Waals surface area contributed by atoms with Crippen LogP contribution >= 0.6 is 11.6 Å². The van der Waals surface area contributed by atoms with Gasteiger partial charge in [0, 0.05) is 11.8 Å². The number of alkyl halides is 1. The van der Waals surface area contributed by atoms with Crippen molar-refractivity contribution in [2.24, 2.45) is 0 Å². The summed E-state index contributed by atoms with van der Waals surface area (Å²) in [4.78, 5) is 4.48. The van der Waals surface area contributed by atoms with Gasteiger partial charge in [-0.1, -0.05) is 31.0 Å². The molecule has 1 aromatic carbocycles. The van der Waals surface area contributed by atoms with Crippen molar-refractivity contribution in [1.29, 1.82) is 0 Å². The average Bonchev–Trinajstić information content (AvgIpc) is 2.41. The Morgan fingerprint density at radius 2 is 1.89 bits per heavy atom. The van der Waals surface area contributed by atoms with Crippen molar-refractivity contribution in [3.05, 3.63) is 48.2 Å². The number of hydrogen-bond donors (Lipinski definition) is 0. The van der Waals surface area contributed by atoms with Crippen LogP contribution in [0.25, 0.3) is 11.3 Å². The van der Waals surface area contributed by atoms with Gasteiger partial charge in [0.1, 0.15) is 5.75 Å². The predicted molar refractivity (Wildman–Crippen MR) is 75.0 cm³/mol. The molecule has 0 saturated carbocycles. The summed E-state index contributed by atoms with van der Waals surface area (Å²) in [6.07, 6.45) is 4.17. The van der Waals surface area contributed by atoms with Gasteiger partial charge < -0.3 is 4.74 Å². The summed E-state index contributed by atoms with van der Waals surface area (Å²) in [5.74, 6) is 0.774. The molecule has 0 unspecified atom stereocenters. The zero-order chi connectivity index (χ0) is 12.8. The minimum absolute atomic E-state index is 0.170. The van der Waals surface area contributed by atoms with Crippen molar-refractivity contribution in [2.45, 2.75) is 19.8 Å². The highest BCUT2D eigenvalue weighted by Gasteiger charge is 2.00. The second kappa shape index (κ2) is 6.41. The van der Waals surface area contributed by atoms with Crippen LogP contribution in [-0.4, -0.2) is 11.1 Å². The lowest BCUT2D eigenvalue weighted by atomic mass is 10.1. The minimum atomic E-state index is 0.170. The van der Waals surface area contributed by atoms with E-state index in [1.807, 2.05) is 30.5 Å². The molecule has 0 fully saturated rings. The summed E-state index contributed by atoms with van der Waals surface area (Å²) in [6.45, 7) is 2.17. The minimum Gasteiger partial charge on any atom is -0.478 e. The number of pyridine rings is 1. The lowest BCUT2D eigenvalue weighted by Gasteiger charge is -2.05. The van der Waals surface area contributed by atoms with Crippen LogP contribution < -0.4 is 4.74 Å². The maximum Gasteiger partial charge on any atom is 0.162 e. The van der Waals surface area contributed by atoms with E-state index in [0.717, 1.165) is 29.8 Å². The first-order chi connectivity index (χ1) is 8.83. The Kier molecular flexibility index (Phi) is 4.59. The fourth-order valence-corrected chi connectivity index (χ4v) is 1.94. The van der Waals surface area contributed by atoms with Gasteiger partial charge in [0.05, 0.1) is 5.69 Å². The molecular formula is C15H16ClNO. The van der Waals surface area contributed by atoms with E-state index in [0.29, 0.717) is 0 Å². The van der Waals surface area contributed by atoms with E-state index in [2.05, 4.69) is 24.0 Å². The van der Waals surface area contributed by atoms with Crippen molar-refractivity contribution in [3.8, 4) is 17.0 Å². The molecule has 0 N–H and O–H groups in total. The molecule has 1 aromatic heterocycles. The summed E-state index contributed by atoms with van der Waals surface area (Å²) >= 11 is 5.51. The molecule has 0 saturated heterocycles. The first kappa shape index (κ1) is 12.9. The first-order valence-corrected chi connectivity index (χ1v) is 6.61. The molecule has 0 bridgehead atoms. The number of hydrogen-bond acceptors (Lipinski definition) is 2. The molecule has 1 heterocycles. The molecule has 0 atom stereocenters. The highest BCUT2D eigenvalue weighted by molar-refractivity contribution is 6.17. The summed E-state index contributed by atoms with van der Waals surface area (Å²) in [5, 5.41) is 0. The van der Waals surface area contributed by atoms with Crippen LogP contribution in [0.15, 0.2) is 42.6 Å². The van der Waals surface area contributed by atoms with Gasteiger partial charge in [-0.25, -0.2) is 0 Å². The Morgan fingerprint density at radius 3 is 2.44 bits per heavy atom. The highest BCUT2D eigenvalue weighted by atomic mass is 35.5. The first-order valence-electron chi connectivity index (χ1n) is 6.07. The Bertz CT molecular complexity index is 431. The van der Waals surface area contributed by atoms with Crippen LogP contribution in [0.5, 0.6) is 5.75 Å². The van der Waals surface area contributed by atoms with Crippen LogP contribution in [0.3, 0.4) is 0 Å². The van der Waals surface area contributed by atoms with Crippen molar-refractivity contribution in [3.63, 3.8) is 0 Å². The van der Waals surface area contributed by atoms with E-state index in [4.69, 9.17) is 16.3 Å². The van der Waals surface area contributed by atoms with Crippen molar-refractivity contribution in [1.82, 2.24) is 4.98 Å². The average molecular weight is 262 g/mol. The molecule has 2 rings (SSSR count). The van der Waals surface area contributed by atoms with Gasteiger partial charge in [-0.05, 0) is 42.3 Å². The van der Waals surface area contributed by atoms with E-state index in [1.165, 1.54) is 5.56 Å². The predicted octanol–water partition coefficient (Wildman–Crippen LogP) is 4.28. The number of halogens is 1. The largest absolute Gasteiger partial charge is 0.478 e. The Morgan fingerprint density at radius 1 is 1.11 bits per heavy atom. The van der Waals surface area contributed by atoms with Gasteiger partial charge in [0.15, 0.2) is 6.07 Å². The van der Waals surface area contributed by atoms with Gasteiger partial charge in [0.25, 0.3) is 0 Å². The zero-order valence-corrected chi connectivity index (χ0v) is 11.2. The lowest BCUT2D eigenvalue weighted by Crippen LogP contribution is -1.90. The van der Waals surface area contributed by atoms with E-state index >= 15 is 0 Å². The summed E-state index contributed by atoms with van der Waals surface area (Å²) in [7, 11) is 0. The molecule has 0 radical (unpaired) electrons. The number of aryl methyl sites for hydroxylation is 1. The zero-order valence-electron chi connectivity index (χ0n) is 10.4. The van der Waals surface area contributed by atoms with Gasteiger partial charge in [-0.3, -0.25) is 4.98 Å². The maximum atomic E-state index is 5.51. The Labute approximate surface area is 113 Å². The monoisotopic (exact) mass is 261 g/mol. The molecule has 18 heavy (non-hydrogen) atoms.